The SMILES string of the molecule is CNC(C)C(=O)N1CCN(c2c(F)cc(N3CC(CNC(=O)OC)OC3=O)cc2F)CC1.O=Cc1cccnc1. The van der Waals surface area contributed by atoms with Crippen LogP contribution in [0.4, 0.5) is 29.7 Å². The monoisotopic (exact) mass is 562 g/mol. The molecule has 216 valence electrons. The van der Waals surface area contributed by atoms with Crippen LogP contribution in [0, 0.1) is 11.6 Å². The van der Waals surface area contributed by atoms with Crippen LogP contribution in [0.1, 0.15) is 17.3 Å². The molecule has 14 heteroatoms. The minimum absolute atomic E-state index is 0.00707. The molecule has 12 nitrogen and oxygen atoms in total. The number of nitrogens with one attached hydrogen (secondary N) is 2. The zero-order chi connectivity index (χ0) is 29.2. The smallest absolute Gasteiger partial charge is 0.414 e. The molecule has 0 spiro atoms. The number of nitrogens with zero attached hydrogens (tertiary/aromatic N) is 4. The fourth-order valence-corrected chi connectivity index (χ4v) is 4.11. The Morgan fingerprint density at radius 2 is 1.90 bits per heavy atom. The van der Waals surface area contributed by atoms with E-state index in [-0.39, 0.29) is 49.5 Å². The second kappa shape index (κ2) is 14.2. The molecule has 4 rings (SSSR count). The number of cyclic esters (lactones) is 1. The van der Waals surface area contributed by atoms with Gasteiger partial charge in [0.2, 0.25) is 5.91 Å². The number of alkyl carbamates (subject to hydrolysis) is 1. The van der Waals surface area contributed by atoms with E-state index in [1.165, 1.54) is 13.3 Å². The van der Waals surface area contributed by atoms with Gasteiger partial charge in [0.25, 0.3) is 0 Å². The topological polar surface area (TPSA) is 133 Å². The summed E-state index contributed by atoms with van der Waals surface area (Å²) >= 11 is 0. The molecular weight excluding hydrogens is 530 g/mol. The minimum Gasteiger partial charge on any atom is -0.453 e. The van der Waals surface area contributed by atoms with E-state index >= 15 is 0 Å². The van der Waals surface area contributed by atoms with Crippen LogP contribution in [-0.2, 0) is 14.3 Å². The van der Waals surface area contributed by atoms with Crippen LogP contribution in [0.2, 0.25) is 0 Å². The summed E-state index contributed by atoms with van der Waals surface area (Å²) < 4.78 is 39.4. The average molecular weight is 563 g/mol. The van der Waals surface area contributed by atoms with Gasteiger partial charge in [0.1, 0.15) is 11.8 Å². The van der Waals surface area contributed by atoms with Crippen LogP contribution in [-0.4, -0.2) is 99.8 Å². The van der Waals surface area contributed by atoms with Crippen LogP contribution in [0.5, 0.6) is 0 Å². The molecule has 1 aromatic heterocycles. The van der Waals surface area contributed by atoms with Crippen molar-refractivity contribution in [1.29, 1.82) is 0 Å². The Morgan fingerprint density at radius 3 is 2.42 bits per heavy atom. The Kier molecular flexibility index (Phi) is 10.7. The number of aldehydes is 1. The lowest BCUT2D eigenvalue weighted by Crippen LogP contribution is -2.53. The molecule has 0 aliphatic carbocycles. The molecule has 2 aliphatic heterocycles. The molecule has 2 fully saturated rings. The predicted molar refractivity (Wildman–Crippen MR) is 141 cm³/mol. The molecule has 2 unspecified atom stereocenters. The van der Waals surface area contributed by atoms with Crippen molar-refractivity contribution in [3.63, 3.8) is 0 Å². The maximum atomic E-state index is 14.9. The molecule has 0 bridgehead atoms. The van der Waals surface area contributed by atoms with E-state index in [1.807, 2.05) is 0 Å². The fraction of sp³-hybridized carbons (Fsp3) is 0.423. The quantitative estimate of drug-likeness (QED) is 0.485. The molecular formula is C26H32F2N6O6. The number of amides is 3. The first-order valence-electron chi connectivity index (χ1n) is 12.5. The zero-order valence-electron chi connectivity index (χ0n) is 22.4. The summed E-state index contributed by atoms with van der Waals surface area (Å²) in [5.41, 5.74) is 0.442. The van der Waals surface area contributed by atoms with Crippen molar-refractivity contribution in [2.75, 3.05) is 63.2 Å². The van der Waals surface area contributed by atoms with Gasteiger partial charge in [0.05, 0.1) is 31.9 Å². The summed E-state index contributed by atoms with van der Waals surface area (Å²) in [6.07, 6.45) is 1.80. The summed E-state index contributed by atoms with van der Waals surface area (Å²) in [6.45, 7) is 3.03. The van der Waals surface area contributed by atoms with Gasteiger partial charge < -0.3 is 29.9 Å². The molecule has 3 heterocycles. The largest absolute Gasteiger partial charge is 0.453 e. The van der Waals surface area contributed by atoms with Gasteiger partial charge in [-0.25, -0.2) is 18.4 Å². The number of ether oxygens (including phenoxy) is 2. The lowest BCUT2D eigenvalue weighted by molar-refractivity contribution is -0.133. The van der Waals surface area contributed by atoms with E-state index < -0.39 is 29.9 Å². The Bertz CT molecular complexity index is 1170. The van der Waals surface area contributed by atoms with Gasteiger partial charge in [-0.3, -0.25) is 19.5 Å². The number of anilines is 2. The molecule has 3 amide bonds. The number of benzene rings is 1. The maximum absolute atomic E-state index is 14.9. The van der Waals surface area contributed by atoms with Crippen molar-refractivity contribution in [2.24, 2.45) is 0 Å². The van der Waals surface area contributed by atoms with Gasteiger partial charge in [-0.05, 0) is 26.1 Å². The van der Waals surface area contributed by atoms with Gasteiger partial charge in [-0.2, -0.15) is 0 Å². The predicted octanol–water partition coefficient (Wildman–Crippen LogP) is 1.80. The third-order valence-electron chi connectivity index (χ3n) is 6.38. The van der Waals surface area contributed by atoms with E-state index in [1.54, 1.807) is 42.1 Å². The zero-order valence-corrected chi connectivity index (χ0v) is 22.4. The Labute approximate surface area is 230 Å². The van der Waals surface area contributed by atoms with E-state index in [4.69, 9.17) is 4.74 Å². The molecule has 0 radical (unpaired) electrons. The number of carbonyl (C=O) groups is 4. The number of pyridine rings is 1. The lowest BCUT2D eigenvalue weighted by atomic mass is 10.2. The van der Waals surface area contributed by atoms with Crippen molar-refractivity contribution < 1.29 is 37.4 Å². The summed E-state index contributed by atoms with van der Waals surface area (Å²) in [5.74, 6) is -1.69. The van der Waals surface area contributed by atoms with E-state index in [0.717, 1.165) is 23.3 Å². The Hall–Kier alpha value is -4.33. The Morgan fingerprint density at radius 1 is 1.23 bits per heavy atom. The summed E-state index contributed by atoms with van der Waals surface area (Å²) in [4.78, 5) is 53.6. The first-order valence-corrected chi connectivity index (χ1v) is 12.5. The lowest BCUT2D eigenvalue weighted by Gasteiger charge is -2.37. The van der Waals surface area contributed by atoms with Crippen LogP contribution in [0.3, 0.4) is 0 Å². The first kappa shape index (κ1) is 30.2. The first-order chi connectivity index (χ1) is 19.2. The number of likely N-dealkylation sites (N-methyl/N-ethyl adjacent to an activating group) is 1. The summed E-state index contributed by atoms with van der Waals surface area (Å²) in [6, 6.07) is 5.26. The van der Waals surface area contributed by atoms with Crippen LogP contribution >= 0.6 is 0 Å². The fourth-order valence-electron chi connectivity index (χ4n) is 4.11. The van der Waals surface area contributed by atoms with E-state index in [2.05, 4.69) is 20.4 Å². The molecule has 2 saturated heterocycles. The highest BCUT2D eigenvalue weighted by Crippen LogP contribution is 2.31. The maximum Gasteiger partial charge on any atom is 0.414 e. The molecule has 1 aromatic carbocycles. The minimum atomic E-state index is -0.813. The molecule has 2 aromatic rings. The number of methoxy groups -OCH3 is 1. The number of hydrogen-bond donors (Lipinski definition) is 2. The van der Waals surface area contributed by atoms with Gasteiger partial charge in [0.15, 0.2) is 17.9 Å². The van der Waals surface area contributed by atoms with Gasteiger partial charge >= 0.3 is 12.2 Å². The summed E-state index contributed by atoms with van der Waals surface area (Å²) in [5, 5.41) is 5.30. The van der Waals surface area contributed by atoms with Gasteiger partial charge in [-0.15, -0.1) is 0 Å². The molecule has 2 atom stereocenters. The highest BCUT2D eigenvalue weighted by molar-refractivity contribution is 5.90. The number of piperazine rings is 1. The Balaban J connectivity index is 0.000000472. The number of rotatable bonds is 7. The second-order valence-electron chi connectivity index (χ2n) is 8.97. The molecule has 40 heavy (non-hydrogen) atoms. The number of halogens is 2. The van der Waals surface area contributed by atoms with E-state index in [0.29, 0.717) is 18.7 Å². The third kappa shape index (κ3) is 7.62. The van der Waals surface area contributed by atoms with Crippen LogP contribution < -0.4 is 20.4 Å². The highest BCUT2D eigenvalue weighted by atomic mass is 19.1. The molecule has 2 N–H and O–H groups in total. The number of hydrogen-bond acceptors (Lipinski definition) is 9. The second-order valence-corrected chi connectivity index (χ2v) is 8.97. The average Bonchev–Trinajstić information content (AvgIpc) is 3.36. The number of carbonyl (C=O) groups excluding carboxylic acids is 4. The van der Waals surface area contributed by atoms with Crippen LogP contribution in [0.25, 0.3) is 0 Å². The van der Waals surface area contributed by atoms with Crippen molar-refractivity contribution >= 4 is 35.8 Å². The van der Waals surface area contributed by atoms with Crippen molar-refractivity contribution in [2.45, 2.75) is 19.1 Å². The molecule has 2 aliphatic rings. The van der Waals surface area contributed by atoms with Crippen LogP contribution in [0.15, 0.2) is 36.7 Å². The summed E-state index contributed by atoms with van der Waals surface area (Å²) in [7, 11) is 2.90. The van der Waals surface area contributed by atoms with Gasteiger partial charge in [-0.1, -0.05) is 0 Å². The standard InChI is InChI=1S/C20H27F2N5O5.C6H5NO/c1-12(23-2)18(28)26-6-4-25(5-7-26)17-15(21)8-13(9-16(17)22)27-11-14(32-20(27)30)10-24-19(29)31-3;8-5-6-2-1-3-7-4-6/h8-9,12,14,23H,4-7,10-11H2,1-3H3,(H,24,29);1-5H. The van der Waals surface area contributed by atoms with Gasteiger partial charge in [0, 0.05) is 56.3 Å². The normalized spacial score (nSPS) is 17.4. The van der Waals surface area contributed by atoms with Crippen molar-refractivity contribution in [1.82, 2.24) is 20.5 Å². The number of aromatic nitrogens is 1. The van der Waals surface area contributed by atoms with Crippen molar-refractivity contribution in [3.8, 4) is 0 Å². The van der Waals surface area contributed by atoms with E-state index in [9.17, 15) is 28.0 Å². The highest BCUT2D eigenvalue weighted by Gasteiger charge is 2.34. The third-order valence-corrected chi connectivity index (χ3v) is 6.38. The molecule has 0 saturated carbocycles. The van der Waals surface area contributed by atoms with Crippen molar-refractivity contribution in [3.05, 3.63) is 53.9 Å².